The molecule has 0 aliphatic rings. The van der Waals surface area contributed by atoms with E-state index in [9.17, 15) is 0 Å². The number of para-hydroxylation sites is 6. The molecule has 6 nitrogen and oxygen atoms in total. The van der Waals surface area contributed by atoms with Gasteiger partial charge in [0.25, 0.3) is 0 Å². The van der Waals surface area contributed by atoms with E-state index >= 15 is 0 Å². The Labute approximate surface area is 301 Å². The van der Waals surface area contributed by atoms with Crippen LogP contribution in [-0.4, -0.2) is 24.1 Å². The Hall–Kier alpha value is -6.83. The molecule has 0 aliphatic carbocycles. The number of hydrogen-bond acceptors (Lipinski definition) is 5. The first-order chi connectivity index (χ1) is 25.7. The lowest BCUT2D eigenvalue weighted by Gasteiger charge is -2.12. The zero-order valence-electron chi connectivity index (χ0n) is 27.6. The fraction of sp³-hybridized carbons (Fsp3) is 0. The van der Waals surface area contributed by atoms with Crippen LogP contribution in [0, 0.1) is 0 Å². The highest BCUT2D eigenvalue weighted by Crippen LogP contribution is 2.39. The van der Waals surface area contributed by atoms with Crippen LogP contribution >= 0.6 is 11.3 Å². The summed E-state index contributed by atoms with van der Waals surface area (Å²) in [6, 6.07) is 56.9. The van der Waals surface area contributed by atoms with Crippen molar-refractivity contribution in [3.05, 3.63) is 164 Å². The molecule has 0 radical (unpaired) electrons. The molecule has 0 spiro atoms. The first-order valence-corrected chi connectivity index (χ1v) is 18.0. The SMILES string of the molecule is c1ccc(-n2c(-c3ccc(-n4c5ccc(-c6nc7ccccc7o6)cc5c5cc(-c6nc7ccccc7s6)ccc54)cc3)nc3ccccc32)cc1. The molecule has 0 bridgehead atoms. The van der Waals surface area contributed by atoms with Crippen molar-refractivity contribution in [1.29, 1.82) is 0 Å². The van der Waals surface area contributed by atoms with Crippen molar-refractivity contribution in [1.82, 2.24) is 24.1 Å². The number of rotatable bonds is 5. The van der Waals surface area contributed by atoms with Crippen molar-refractivity contribution in [2.24, 2.45) is 0 Å². The van der Waals surface area contributed by atoms with Crippen molar-refractivity contribution >= 4 is 65.5 Å². The predicted molar refractivity (Wildman–Crippen MR) is 212 cm³/mol. The molecule has 11 aromatic rings. The van der Waals surface area contributed by atoms with E-state index in [4.69, 9.17) is 19.4 Å². The van der Waals surface area contributed by atoms with E-state index in [1.807, 2.05) is 42.5 Å². The molecule has 7 aromatic carbocycles. The molecule has 4 heterocycles. The molecule has 0 N–H and O–H groups in total. The Morgan fingerprint density at radius 3 is 1.87 bits per heavy atom. The summed E-state index contributed by atoms with van der Waals surface area (Å²) in [7, 11) is 0. The molecule has 0 amide bonds. The maximum atomic E-state index is 6.22. The summed E-state index contributed by atoms with van der Waals surface area (Å²) in [5.41, 5.74) is 12.1. The van der Waals surface area contributed by atoms with Crippen LogP contribution in [0.15, 0.2) is 168 Å². The van der Waals surface area contributed by atoms with Crippen LogP contribution in [0.25, 0.3) is 98.9 Å². The molecule has 0 fully saturated rings. The lowest BCUT2D eigenvalue weighted by Crippen LogP contribution is -1.98. The van der Waals surface area contributed by atoms with Crippen LogP contribution in [0.3, 0.4) is 0 Å². The van der Waals surface area contributed by atoms with Crippen LogP contribution in [-0.2, 0) is 0 Å². The van der Waals surface area contributed by atoms with Gasteiger partial charge in [-0.05, 0) is 109 Å². The predicted octanol–water partition coefficient (Wildman–Crippen LogP) is 11.9. The van der Waals surface area contributed by atoms with Gasteiger partial charge in [-0.2, -0.15) is 0 Å². The van der Waals surface area contributed by atoms with E-state index < -0.39 is 0 Å². The number of nitrogens with zero attached hydrogens (tertiary/aromatic N) is 5. The fourth-order valence-corrected chi connectivity index (χ4v) is 8.34. The topological polar surface area (TPSA) is 61.7 Å². The average Bonchev–Trinajstić information content (AvgIpc) is 3.99. The summed E-state index contributed by atoms with van der Waals surface area (Å²) in [6.45, 7) is 0. The highest BCUT2D eigenvalue weighted by Gasteiger charge is 2.19. The Morgan fingerprint density at radius 1 is 0.442 bits per heavy atom. The molecule has 0 saturated heterocycles. The number of imidazole rings is 1. The van der Waals surface area contributed by atoms with Gasteiger partial charge in [0, 0.05) is 38.8 Å². The minimum Gasteiger partial charge on any atom is -0.436 e. The number of benzene rings is 7. The first kappa shape index (κ1) is 29.0. The molecular weight excluding hydrogens is 659 g/mol. The van der Waals surface area contributed by atoms with Gasteiger partial charge < -0.3 is 8.98 Å². The van der Waals surface area contributed by atoms with Crippen molar-refractivity contribution in [2.45, 2.75) is 0 Å². The third-order valence-corrected chi connectivity index (χ3v) is 10.9. The number of fused-ring (bicyclic) bond motifs is 6. The van der Waals surface area contributed by atoms with E-state index in [1.54, 1.807) is 11.3 Å². The van der Waals surface area contributed by atoms with E-state index in [1.165, 1.54) is 4.70 Å². The maximum absolute atomic E-state index is 6.22. The van der Waals surface area contributed by atoms with Crippen LogP contribution in [0.4, 0.5) is 0 Å². The second kappa shape index (κ2) is 11.3. The van der Waals surface area contributed by atoms with Gasteiger partial charge in [0.1, 0.15) is 16.3 Å². The summed E-state index contributed by atoms with van der Waals surface area (Å²) < 4.78 is 12.0. The number of aromatic nitrogens is 5. The molecule has 7 heteroatoms. The number of oxazole rings is 1. The van der Waals surface area contributed by atoms with Gasteiger partial charge >= 0.3 is 0 Å². The second-order valence-corrected chi connectivity index (χ2v) is 13.9. The summed E-state index contributed by atoms with van der Waals surface area (Å²) in [4.78, 5) is 14.9. The summed E-state index contributed by atoms with van der Waals surface area (Å²) in [5, 5.41) is 3.26. The standard InChI is InChI=1S/C45H27N5OS/c1-2-10-31(11-3-1)50-40-15-7-4-12-35(40)46-43(50)28-18-22-32(23-19-28)49-38-24-20-29(44-47-36-13-5-8-16-41(36)51-44)26-33(38)34-27-30(21-25-39(34)49)45-48-37-14-6-9-17-42(37)52-45/h1-27H. The van der Waals surface area contributed by atoms with E-state index in [2.05, 4.69) is 130 Å². The fourth-order valence-electron chi connectivity index (χ4n) is 7.38. The van der Waals surface area contributed by atoms with Crippen LogP contribution in [0.1, 0.15) is 0 Å². The monoisotopic (exact) mass is 685 g/mol. The molecule has 0 saturated carbocycles. The first-order valence-electron chi connectivity index (χ1n) is 17.2. The molecule has 0 unspecified atom stereocenters. The molecule has 244 valence electrons. The molecule has 0 atom stereocenters. The normalized spacial score (nSPS) is 11.8. The minimum absolute atomic E-state index is 0.608. The van der Waals surface area contributed by atoms with Crippen molar-refractivity contribution in [3.63, 3.8) is 0 Å². The number of hydrogen-bond donors (Lipinski definition) is 0. The lowest BCUT2D eigenvalue weighted by atomic mass is 10.1. The highest BCUT2D eigenvalue weighted by atomic mass is 32.1. The Bertz CT molecular complexity index is 2930. The molecule has 52 heavy (non-hydrogen) atoms. The molecule has 0 aliphatic heterocycles. The average molecular weight is 686 g/mol. The van der Waals surface area contributed by atoms with Gasteiger partial charge in [0.05, 0.1) is 32.3 Å². The minimum atomic E-state index is 0.608. The van der Waals surface area contributed by atoms with Gasteiger partial charge in [0.15, 0.2) is 5.58 Å². The van der Waals surface area contributed by atoms with E-state index in [0.29, 0.717) is 5.89 Å². The molecule has 4 aromatic heterocycles. The van der Waals surface area contributed by atoms with Gasteiger partial charge in [0.2, 0.25) is 5.89 Å². The summed E-state index contributed by atoms with van der Waals surface area (Å²) >= 11 is 1.72. The van der Waals surface area contributed by atoms with E-state index in [0.717, 1.165) is 88.4 Å². The van der Waals surface area contributed by atoms with Crippen molar-refractivity contribution in [3.8, 4) is 44.8 Å². The quantitative estimate of drug-likeness (QED) is 0.181. The smallest absolute Gasteiger partial charge is 0.227 e. The number of thiazole rings is 1. The maximum Gasteiger partial charge on any atom is 0.227 e. The second-order valence-electron chi connectivity index (χ2n) is 12.9. The molecule has 11 rings (SSSR count). The molecular formula is C45H27N5OS. The van der Waals surface area contributed by atoms with Crippen LogP contribution < -0.4 is 0 Å². The summed E-state index contributed by atoms with van der Waals surface area (Å²) in [5.74, 6) is 1.52. The van der Waals surface area contributed by atoms with Crippen molar-refractivity contribution in [2.75, 3.05) is 0 Å². The summed E-state index contributed by atoms with van der Waals surface area (Å²) in [6.07, 6.45) is 0. The third-order valence-electron chi connectivity index (χ3n) is 9.81. The Morgan fingerprint density at radius 2 is 1.08 bits per heavy atom. The van der Waals surface area contributed by atoms with Crippen LogP contribution in [0.2, 0.25) is 0 Å². The lowest BCUT2D eigenvalue weighted by molar-refractivity contribution is 0.620. The van der Waals surface area contributed by atoms with Gasteiger partial charge in [-0.3, -0.25) is 4.57 Å². The van der Waals surface area contributed by atoms with Gasteiger partial charge in [-0.25, -0.2) is 15.0 Å². The third kappa shape index (κ3) is 4.53. The van der Waals surface area contributed by atoms with Gasteiger partial charge in [-0.1, -0.05) is 54.6 Å². The zero-order chi connectivity index (χ0) is 34.2. The Kier molecular flexibility index (Phi) is 6.32. The Balaban J connectivity index is 1.09. The van der Waals surface area contributed by atoms with Crippen molar-refractivity contribution < 1.29 is 4.42 Å². The van der Waals surface area contributed by atoms with Gasteiger partial charge in [-0.15, -0.1) is 11.3 Å². The largest absolute Gasteiger partial charge is 0.436 e. The zero-order valence-corrected chi connectivity index (χ0v) is 28.5. The highest BCUT2D eigenvalue weighted by molar-refractivity contribution is 7.21. The van der Waals surface area contributed by atoms with Crippen LogP contribution in [0.5, 0.6) is 0 Å². The van der Waals surface area contributed by atoms with E-state index in [-0.39, 0.29) is 0 Å².